The Kier molecular flexibility index (Phi) is 4.67. The quantitative estimate of drug-likeness (QED) is 0.775. The third-order valence-electron chi connectivity index (χ3n) is 5.17. The van der Waals surface area contributed by atoms with Gasteiger partial charge in [-0.1, -0.05) is 15.9 Å². The molecule has 2 fully saturated rings. The van der Waals surface area contributed by atoms with Gasteiger partial charge in [0.1, 0.15) is 0 Å². The Bertz CT molecular complexity index is 716. The van der Waals surface area contributed by atoms with Crippen LogP contribution in [0.25, 0.3) is 10.9 Å². The number of piperidine rings is 1. The van der Waals surface area contributed by atoms with E-state index in [-0.39, 0.29) is 18.3 Å². The van der Waals surface area contributed by atoms with E-state index in [1.165, 1.54) is 6.42 Å². The lowest BCUT2D eigenvalue weighted by atomic mass is 9.78. The number of aromatic nitrogens is 2. The summed E-state index contributed by atoms with van der Waals surface area (Å²) in [6, 6.07) is 5.85. The minimum atomic E-state index is 0. The zero-order valence-corrected chi connectivity index (χ0v) is 15.2. The van der Waals surface area contributed by atoms with Crippen LogP contribution in [0.5, 0.6) is 0 Å². The molecule has 0 bridgehead atoms. The molecule has 0 unspecified atom stereocenters. The summed E-state index contributed by atoms with van der Waals surface area (Å²) < 4.78 is 0.963. The second kappa shape index (κ2) is 6.42. The van der Waals surface area contributed by atoms with Crippen molar-refractivity contribution in [2.45, 2.75) is 19.3 Å². The van der Waals surface area contributed by atoms with Gasteiger partial charge in [-0.3, -0.25) is 9.89 Å². The Balaban J connectivity index is 0.00000156. The number of likely N-dealkylation sites (tertiary alicyclic amines) is 1. The van der Waals surface area contributed by atoms with Gasteiger partial charge in [0.25, 0.3) is 5.91 Å². The number of aromatic amines is 1. The number of amides is 1. The minimum absolute atomic E-state index is 0. The molecule has 0 radical (unpaired) electrons. The second-order valence-electron chi connectivity index (χ2n) is 6.48. The van der Waals surface area contributed by atoms with Crippen LogP contribution in [0.1, 0.15) is 29.8 Å². The van der Waals surface area contributed by atoms with E-state index in [0.29, 0.717) is 11.1 Å². The lowest BCUT2D eigenvalue weighted by Crippen LogP contribution is -2.44. The van der Waals surface area contributed by atoms with Gasteiger partial charge in [0.2, 0.25) is 0 Å². The maximum atomic E-state index is 12.8. The first kappa shape index (κ1) is 16.7. The molecular weight excluding hydrogens is 380 g/mol. The zero-order valence-electron chi connectivity index (χ0n) is 12.8. The highest BCUT2D eigenvalue weighted by molar-refractivity contribution is 9.10. The average Bonchev–Trinajstić information content (AvgIpc) is 3.14. The van der Waals surface area contributed by atoms with Crippen molar-refractivity contribution < 1.29 is 4.79 Å². The fraction of sp³-hybridized carbons (Fsp3) is 0.500. The Morgan fingerprint density at radius 1 is 1.26 bits per heavy atom. The highest BCUT2D eigenvalue weighted by Crippen LogP contribution is 2.37. The van der Waals surface area contributed by atoms with Crippen LogP contribution in [-0.2, 0) is 0 Å². The van der Waals surface area contributed by atoms with Crippen molar-refractivity contribution in [3.8, 4) is 0 Å². The van der Waals surface area contributed by atoms with Crippen molar-refractivity contribution in [1.82, 2.24) is 20.4 Å². The Hall–Kier alpha value is -1.11. The van der Waals surface area contributed by atoms with E-state index in [4.69, 9.17) is 0 Å². The third-order valence-corrected chi connectivity index (χ3v) is 5.66. The van der Waals surface area contributed by atoms with Crippen LogP contribution in [0.15, 0.2) is 22.7 Å². The first-order valence-corrected chi connectivity index (χ1v) is 8.60. The van der Waals surface area contributed by atoms with E-state index < -0.39 is 0 Å². The zero-order chi connectivity index (χ0) is 15.2. The molecule has 124 valence electrons. The highest BCUT2D eigenvalue weighted by atomic mass is 79.9. The number of fused-ring (bicyclic) bond motifs is 1. The summed E-state index contributed by atoms with van der Waals surface area (Å²) in [5.74, 6) is 0.0464. The standard InChI is InChI=1S/C16H19BrN4O.ClH/c17-11-1-2-13-12(9-11)14(20-19-13)15(22)21-7-4-16(5-8-21)3-6-18-10-16;/h1-2,9,18H,3-8,10H2,(H,19,20);1H. The fourth-order valence-corrected chi connectivity index (χ4v) is 4.07. The van der Waals surface area contributed by atoms with Gasteiger partial charge in [-0.2, -0.15) is 5.10 Å². The van der Waals surface area contributed by atoms with Gasteiger partial charge in [0.05, 0.1) is 5.52 Å². The molecule has 2 saturated heterocycles. The van der Waals surface area contributed by atoms with Crippen LogP contribution in [-0.4, -0.2) is 47.2 Å². The molecule has 5 nitrogen and oxygen atoms in total. The normalized spacial score (nSPS) is 20.0. The Labute approximate surface area is 149 Å². The van der Waals surface area contributed by atoms with Crippen LogP contribution >= 0.6 is 28.3 Å². The maximum Gasteiger partial charge on any atom is 0.274 e. The van der Waals surface area contributed by atoms with Gasteiger partial charge >= 0.3 is 0 Å². The van der Waals surface area contributed by atoms with Gasteiger partial charge in [-0.25, -0.2) is 0 Å². The molecule has 23 heavy (non-hydrogen) atoms. The molecule has 2 aliphatic heterocycles. The largest absolute Gasteiger partial charge is 0.337 e. The lowest BCUT2D eigenvalue weighted by molar-refractivity contribution is 0.0604. The molecule has 2 N–H and O–H groups in total. The molecule has 0 atom stereocenters. The highest BCUT2D eigenvalue weighted by Gasteiger charge is 2.38. The summed E-state index contributed by atoms with van der Waals surface area (Å²) in [6.07, 6.45) is 3.43. The molecule has 1 spiro atoms. The van der Waals surface area contributed by atoms with E-state index in [2.05, 4.69) is 31.4 Å². The van der Waals surface area contributed by atoms with Gasteiger partial charge in [-0.15, -0.1) is 12.4 Å². The van der Waals surface area contributed by atoms with Crippen molar-refractivity contribution in [3.05, 3.63) is 28.4 Å². The first-order chi connectivity index (χ1) is 10.7. The predicted octanol–water partition coefficient (Wildman–Crippen LogP) is 2.96. The van der Waals surface area contributed by atoms with Crippen LogP contribution in [0.4, 0.5) is 0 Å². The number of hydrogen-bond acceptors (Lipinski definition) is 3. The van der Waals surface area contributed by atoms with Crippen molar-refractivity contribution in [2.75, 3.05) is 26.2 Å². The molecule has 3 heterocycles. The van der Waals surface area contributed by atoms with Crippen molar-refractivity contribution >= 4 is 45.1 Å². The number of benzene rings is 1. The molecule has 0 aliphatic carbocycles. The van der Waals surface area contributed by atoms with Crippen LogP contribution < -0.4 is 5.32 Å². The molecule has 4 rings (SSSR count). The molecule has 1 aromatic carbocycles. The molecule has 1 amide bonds. The number of nitrogens with one attached hydrogen (secondary N) is 2. The van der Waals surface area contributed by atoms with Crippen LogP contribution in [0, 0.1) is 5.41 Å². The number of rotatable bonds is 1. The number of hydrogen-bond donors (Lipinski definition) is 2. The SMILES string of the molecule is Cl.O=C(c1n[nH]c2ccc(Br)cc12)N1CCC2(CCNC2)CC1. The van der Waals surface area contributed by atoms with Crippen molar-refractivity contribution in [2.24, 2.45) is 5.41 Å². The van der Waals surface area contributed by atoms with Gasteiger partial charge in [0.15, 0.2) is 5.69 Å². The molecule has 0 saturated carbocycles. The van der Waals surface area contributed by atoms with E-state index in [1.54, 1.807) is 0 Å². The Morgan fingerprint density at radius 3 is 2.74 bits per heavy atom. The summed E-state index contributed by atoms with van der Waals surface area (Å²) in [4.78, 5) is 14.8. The average molecular weight is 400 g/mol. The summed E-state index contributed by atoms with van der Waals surface area (Å²) in [7, 11) is 0. The van der Waals surface area contributed by atoms with E-state index in [0.717, 1.165) is 54.4 Å². The molecular formula is C16H20BrClN4O. The van der Waals surface area contributed by atoms with Crippen molar-refractivity contribution in [3.63, 3.8) is 0 Å². The van der Waals surface area contributed by atoms with E-state index >= 15 is 0 Å². The maximum absolute atomic E-state index is 12.8. The summed E-state index contributed by atoms with van der Waals surface area (Å²) >= 11 is 3.46. The van der Waals surface area contributed by atoms with E-state index in [9.17, 15) is 4.79 Å². The topological polar surface area (TPSA) is 61.0 Å². The Morgan fingerprint density at radius 2 is 2.04 bits per heavy atom. The lowest BCUT2D eigenvalue weighted by Gasteiger charge is -2.38. The smallest absolute Gasteiger partial charge is 0.274 e. The number of nitrogens with zero attached hydrogens (tertiary/aromatic N) is 2. The first-order valence-electron chi connectivity index (χ1n) is 7.81. The number of carbonyl (C=O) groups is 1. The van der Waals surface area contributed by atoms with Gasteiger partial charge < -0.3 is 10.2 Å². The molecule has 1 aromatic heterocycles. The van der Waals surface area contributed by atoms with Crippen molar-refractivity contribution in [1.29, 1.82) is 0 Å². The third kappa shape index (κ3) is 2.99. The number of halogens is 2. The fourth-order valence-electron chi connectivity index (χ4n) is 3.71. The summed E-state index contributed by atoms with van der Waals surface area (Å²) in [6.45, 7) is 3.89. The monoisotopic (exact) mass is 398 g/mol. The number of carbonyl (C=O) groups excluding carboxylic acids is 1. The van der Waals surface area contributed by atoms with Crippen LogP contribution in [0.2, 0.25) is 0 Å². The summed E-state index contributed by atoms with van der Waals surface area (Å²) in [5, 5.41) is 11.6. The number of H-pyrrole nitrogens is 1. The van der Waals surface area contributed by atoms with Gasteiger partial charge in [-0.05, 0) is 49.4 Å². The van der Waals surface area contributed by atoms with E-state index in [1.807, 2.05) is 23.1 Å². The molecule has 7 heteroatoms. The van der Waals surface area contributed by atoms with Crippen LogP contribution in [0.3, 0.4) is 0 Å². The predicted molar refractivity (Wildman–Crippen MR) is 96.1 cm³/mol. The molecule has 2 aliphatic rings. The summed E-state index contributed by atoms with van der Waals surface area (Å²) in [5.41, 5.74) is 1.87. The molecule has 2 aromatic rings. The minimum Gasteiger partial charge on any atom is -0.337 e. The second-order valence-corrected chi connectivity index (χ2v) is 7.40. The van der Waals surface area contributed by atoms with Gasteiger partial charge in [0, 0.05) is 29.5 Å².